The highest BCUT2D eigenvalue weighted by atomic mass is 35.5. The van der Waals surface area contributed by atoms with Crippen LogP contribution < -0.4 is 11.1 Å². The molecule has 0 saturated carbocycles. The monoisotopic (exact) mass is 318 g/mol. The molecule has 0 bridgehead atoms. The van der Waals surface area contributed by atoms with Gasteiger partial charge in [0.1, 0.15) is 0 Å². The van der Waals surface area contributed by atoms with Crippen LogP contribution in [0.1, 0.15) is 10.4 Å². The van der Waals surface area contributed by atoms with Crippen LogP contribution in [0.2, 0.25) is 10.0 Å². The summed E-state index contributed by atoms with van der Waals surface area (Å²) in [6.07, 6.45) is 0. The first-order valence-electron chi connectivity index (χ1n) is 4.67. The van der Waals surface area contributed by atoms with E-state index in [4.69, 9.17) is 28.9 Å². The maximum Gasteiger partial charge on any atom is 0.277 e. The molecule has 8 heteroatoms. The molecule has 0 fully saturated rings. The van der Waals surface area contributed by atoms with Crippen molar-refractivity contribution in [2.24, 2.45) is 5.73 Å². The Bertz CT molecular complexity index is 430. The normalized spacial score (nSPS) is 10.7. The molecule has 1 aromatic carbocycles. The predicted molar refractivity (Wildman–Crippen MR) is 70.0 cm³/mol. The molecule has 102 valence electrons. The van der Waals surface area contributed by atoms with Crippen LogP contribution >= 0.6 is 35.6 Å². The van der Waals surface area contributed by atoms with Gasteiger partial charge in [0.05, 0.1) is 23.7 Å². The van der Waals surface area contributed by atoms with E-state index in [1.807, 2.05) is 0 Å². The number of carbonyl (C=O) groups excluding carboxylic acids is 1. The Labute approximate surface area is 119 Å². The topological polar surface area (TPSA) is 55.1 Å². The molecule has 1 rings (SSSR count). The molecular formula is C10H11Cl3F2N2O. The van der Waals surface area contributed by atoms with Gasteiger partial charge in [-0.25, -0.2) is 8.78 Å². The van der Waals surface area contributed by atoms with Gasteiger partial charge in [0.2, 0.25) is 0 Å². The maximum atomic E-state index is 12.8. The third-order valence-corrected chi connectivity index (χ3v) is 2.53. The van der Waals surface area contributed by atoms with E-state index in [1.54, 1.807) is 0 Å². The molecule has 0 unspecified atom stereocenters. The molecule has 18 heavy (non-hydrogen) atoms. The second-order valence-corrected chi connectivity index (χ2v) is 4.21. The van der Waals surface area contributed by atoms with Crippen molar-refractivity contribution in [3.63, 3.8) is 0 Å². The molecule has 0 heterocycles. The summed E-state index contributed by atoms with van der Waals surface area (Å²) >= 11 is 11.4. The largest absolute Gasteiger partial charge is 0.346 e. The number of nitrogens with two attached hydrogens (primary N) is 1. The summed E-state index contributed by atoms with van der Waals surface area (Å²) in [5.74, 6) is -3.83. The van der Waals surface area contributed by atoms with Gasteiger partial charge in [-0.15, -0.1) is 12.4 Å². The van der Waals surface area contributed by atoms with Crippen molar-refractivity contribution in [1.82, 2.24) is 5.32 Å². The fourth-order valence-corrected chi connectivity index (χ4v) is 1.54. The van der Waals surface area contributed by atoms with E-state index >= 15 is 0 Å². The van der Waals surface area contributed by atoms with E-state index in [0.717, 1.165) is 0 Å². The SMILES string of the molecule is Cl.NCC(F)(F)CNC(=O)c1ccc(Cl)cc1Cl. The van der Waals surface area contributed by atoms with E-state index in [2.05, 4.69) is 5.32 Å². The summed E-state index contributed by atoms with van der Waals surface area (Å²) in [5, 5.41) is 2.52. The Morgan fingerprint density at radius 2 is 2.00 bits per heavy atom. The predicted octanol–water partition coefficient (Wildman–Crippen LogP) is 2.74. The molecule has 0 aliphatic carbocycles. The van der Waals surface area contributed by atoms with Crippen LogP contribution in [0, 0.1) is 0 Å². The molecule has 0 atom stereocenters. The number of nitrogens with one attached hydrogen (secondary N) is 1. The average Bonchev–Trinajstić information content (AvgIpc) is 2.26. The van der Waals surface area contributed by atoms with Gasteiger partial charge in [0.25, 0.3) is 11.8 Å². The molecular weight excluding hydrogens is 308 g/mol. The fourth-order valence-electron chi connectivity index (χ4n) is 1.05. The smallest absolute Gasteiger partial charge is 0.277 e. The third kappa shape index (κ3) is 4.94. The lowest BCUT2D eigenvalue weighted by molar-refractivity contribution is 0.0118. The van der Waals surface area contributed by atoms with E-state index in [9.17, 15) is 13.6 Å². The van der Waals surface area contributed by atoms with E-state index in [-0.39, 0.29) is 23.0 Å². The Morgan fingerprint density at radius 3 is 2.50 bits per heavy atom. The Morgan fingerprint density at radius 1 is 1.39 bits per heavy atom. The molecule has 0 aliphatic heterocycles. The second-order valence-electron chi connectivity index (χ2n) is 3.37. The van der Waals surface area contributed by atoms with Crippen molar-refractivity contribution < 1.29 is 13.6 Å². The van der Waals surface area contributed by atoms with Crippen molar-refractivity contribution in [1.29, 1.82) is 0 Å². The van der Waals surface area contributed by atoms with Crippen LogP contribution in [0.5, 0.6) is 0 Å². The van der Waals surface area contributed by atoms with Gasteiger partial charge < -0.3 is 11.1 Å². The fraction of sp³-hybridized carbons (Fsp3) is 0.300. The zero-order chi connectivity index (χ0) is 13.1. The van der Waals surface area contributed by atoms with Crippen LogP contribution in [0.3, 0.4) is 0 Å². The van der Waals surface area contributed by atoms with Gasteiger partial charge >= 0.3 is 0 Å². The Balaban J connectivity index is 0.00000289. The third-order valence-electron chi connectivity index (χ3n) is 1.98. The van der Waals surface area contributed by atoms with Crippen molar-refractivity contribution in [3.05, 3.63) is 33.8 Å². The summed E-state index contributed by atoms with van der Waals surface area (Å²) in [7, 11) is 0. The van der Waals surface area contributed by atoms with Gasteiger partial charge in [-0.2, -0.15) is 0 Å². The van der Waals surface area contributed by atoms with Crippen LogP contribution in [0.15, 0.2) is 18.2 Å². The minimum absolute atomic E-state index is 0. The molecule has 3 nitrogen and oxygen atoms in total. The quantitative estimate of drug-likeness (QED) is 0.896. The van der Waals surface area contributed by atoms with Crippen molar-refractivity contribution in [2.45, 2.75) is 5.92 Å². The standard InChI is InChI=1S/C10H10Cl2F2N2O.ClH/c11-6-1-2-7(8(12)3-6)9(17)16-5-10(13,14)4-15;/h1-3H,4-5,15H2,(H,16,17);1H. The molecule has 1 aromatic rings. The second kappa shape index (κ2) is 7.09. The summed E-state index contributed by atoms with van der Waals surface area (Å²) in [4.78, 5) is 11.5. The number of alkyl halides is 2. The number of benzene rings is 1. The molecule has 0 spiro atoms. The first-order chi connectivity index (χ1) is 7.85. The molecule has 0 aromatic heterocycles. The zero-order valence-electron chi connectivity index (χ0n) is 9.05. The number of hydrogen-bond donors (Lipinski definition) is 2. The highest BCUT2D eigenvalue weighted by molar-refractivity contribution is 6.36. The first kappa shape index (κ1) is 17.4. The minimum Gasteiger partial charge on any atom is -0.346 e. The Hall–Kier alpha value is -0.620. The maximum absolute atomic E-state index is 12.8. The summed E-state index contributed by atoms with van der Waals surface area (Å²) in [6.45, 7) is -1.66. The lowest BCUT2D eigenvalue weighted by Gasteiger charge is -2.14. The molecule has 0 aliphatic rings. The number of halogens is 5. The molecule has 3 N–H and O–H groups in total. The number of carbonyl (C=O) groups is 1. The number of hydrogen-bond acceptors (Lipinski definition) is 2. The molecule has 0 radical (unpaired) electrons. The minimum atomic E-state index is -3.13. The zero-order valence-corrected chi connectivity index (χ0v) is 11.4. The highest BCUT2D eigenvalue weighted by Gasteiger charge is 2.27. The Kier molecular flexibility index (Phi) is 6.84. The van der Waals surface area contributed by atoms with Crippen molar-refractivity contribution >= 4 is 41.5 Å². The van der Waals surface area contributed by atoms with Crippen molar-refractivity contribution in [2.75, 3.05) is 13.1 Å². The van der Waals surface area contributed by atoms with Gasteiger partial charge in [-0.05, 0) is 18.2 Å². The van der Waals surface area contributed by atoms with E-state index < -0.39 is 24.9 Å². The molecule has 0 saturated heterocycles. The lowest BCUT2D eigenvalue weighted by atomic mass is 10.2. The summed E-state index contributed by atoms with van der Waals surface area (Å²) in [5.41, 5.74) is 4.92. The van der Waals surface area contributed by atoms with Gasteiger partial charge in [0.15, 0.2) is 0 Å². The lowest BCUT2D eigenvalue weighted by Crippen LogP contribution is -2.41. The van der Waals surface area contributed by atoms with E-state index in [1.165, 1.54) is 18.2 Å². The highest BCUT2D eigenvalue weighted by Crippen LogP contribution is 2.21. The molecule has 1 amide bonds. The number of rotatable bonds is 4. The van der Waals surface area contributed by atoms with Crippen LogP contribution in [-0.2, 0) is 0 Å². The summed E-state index contributed by atoms with van der Waals surface area (Å²) < 4.78 is 25.6. The van der Waals surface area contributed by atoms with E-state index in [0.29, 0.717) is 5.02 Å². The van der Waals surface area contributed by atoms with Gasteiger partial charge in [-0.1, -0.05) is 23.2 Å². The van der Waals surface area contributed by atoms with Crippen LogP contribution in [0.25, 0.3) is 0 Å². The van der Waals surface area contributed by atoms with Gasteiger partial charge in [0, 0.05) is 5.02 Å². The number of amides is 1. The van der Waals surface area contributed by atoms with Crippen LogP contribution in [0.4, 0.5) is 8.78 Å². The van der Waals surface area contributed by atoms with Crippen LogP contribution in [-0.4, -0.2) is 24.9 Å². The first-order valence-corrected chi connectivity index (χ1v) is 5.42. The van der Waals surface area contributed by atoms with Gasteiger partial charge in [-0.3, -0.25) is 4.79 Å². The van der Waals surface area contributed by atoms with Crippen molar-refractivity contribution in [3.8, 4) is 0 Å². The summed E-state index contributed by atoms with van der Waals surface area (Å²) in [6, 6.07) is 4.17. The average molecular weight is 320 g/mol.